The van der Waals surface area contributed by atoms with Crippen LogP contribution >= 0.6 is 0 Å². The van der Waals surface area contributed by atoms with Crippen LogP contribution in [0, 0.1) is 11.3 Å². The van der Waals surface area contributed by atoms with E-state index in [2.05, 4.69) is 67.1 Å². The van der Waals surface area contributed by atoms with Crippen molar-refractivity contribution in [2.75, 3.05) is 49.5 Å². The normalized spacial score (nSPS) is 20.5. The molecular formula is C26H42N4O. The summed E-state index contributed by atoms with van der Waals surface area (Å²) in [5.74, 6) is 0.406. The van der Waals surface area contributed by atoms with E-state index in [0.29, 0.717) is 5.41 Å². The molecule has 1 heterocycles. The number of nitrogens with two attached hydrogens (primary N) is 1. The molecule has 0 saturated carbocycles. The molecule has 0 aromatic heterocycles. The Morgan fingerprint density at radius 3 is 2.52 bits per heavy atom. The Morgan fingerprint density at radius 2 is 1.94 bits per heavy atom. The van der Waals surface area contributed by atoms with Crippen LogP contribution in [0.3, 0.4) is 0 Å². The number of para-hydroxylation sites is 1. The van der Waals surface area contributed by atoms with Crippen molar-refractivity contribution in [2.24, 2.45) is 17.1 Å². The van der Waals surface area contributed by atoms with Crippen LogP contribution in [-0.4, -0.2) is 50.1 Å². The number of carbonyl (C=O) groups is 1. The first kappa shape index (κ1) is 23.6. The van der Waals surface area contributed by atoms with Crippen molar-refractivity contribution >= 4 is 22.9 Å². The van der Waals surface area contributed by atoms with Gasteiger partial charge in [-0.3, -0.25) is 9.69 Å². The molecule has 172 valence electrons. The molecule has 1 aromatic carbocycles. The van der Waals surface area contributed by atoms with Crippen molar-refractivity contribution in [3.05, 3.63) is 29.8 Å². The molecule has 0 bridgehead atoms. The number of rotatable bonds is 8. The van der Waals surface area contributed by atoms with Crippen molar-refractivity contribution in [3.63, 3.8) is 0 Å². The van der Waals surface area contributed by atoms with E-state index in [-0.39, 0.29) is 12.5 Å². The number of anilines is 2. The molecule has 3 rings (SSSR count). The molecule has 5 nitrogen and oxygen atoms in total. The molecule has 1 unspecified atom stereocenters. The van der Waals surface area contributed by atoms with Crippen LogP contribution in [0.1, 0.15) is 65.4 Å². The summed E-state index contributed by atoms with van der Waals surface area (Å²) in [4.78, 5) is 16.5. The number of amides is 1. The van der Waals surface area contributed by atoms with Gasteiger partial charge in [-0.05, 0) is 55.2 Å². The molecule has 2 aliphatic rings. The zero-order valence-electron chi connectivity index (χ0n) is 20.0. The van der Waals surface area contributed by atoms with Crippen LogP contribution in [0.25, 0.3) is 5.57 Å². The third-order valence-corrected chi connectivity index (χ3v) is 6.99. The van der Waals surface area contributed by atoms with Crippen molar-refractivity contribution in [1.82, 2.24) is 4.90 Å². The molecule has 1 saturated heterocycles. The van der Waals surface area contributed by atoms with Gasteiger partial charge in [0.25, 0.3) is 0 Å². The van der Waals surface area contributed by atoms with Gasteiger partial charge < -0.3 is 16.0 Å². The summed E-state index contributed by atoms with van der Waals surface area (Å²) < 4.78 is 0. The summed E-state index contributed by atoms with van der Waals surface area (Å²) in [5, 5.41) is 3.31. The predicted molar refractivity (Wildman–Crippen MR) is 132 cm³/mol. The summed E-state index contributed by atoms with van der Waals surface area (Å²) in [6, 6.07) is 6.46. The Hall–Kier alpha value is -2.01. The van der Waals surface area contributed by atoms with Gasteiger partial charge in [-0.15, -0.1) is 0 Å². The first-order valence-electron chi connectivity index (χ1n) is 12.1. The van der Waals surface area contributed by atoms with Crippen LogP contribution in [0.15, 0.2) is 24.3 Å². The van der Waals surface area contributed by atoms with E-state index >= 15 is 0 Å². The highest BCUT2D eigenvalue weighted by Crippen LogP contribution is 2.43. The molecule has 1 atom stereocenters. The van der Waals surface area contributed by atoms with E-state index in [1.807, 2.05) is 0 Å². The maximum atomic E-state index is 11.4. The molecule has 1 aliphatic carbocycles. The molecule has 0 radical (unpaired) electrons. The molecular weight excluding hydrogens is 384 g/mol. The monoisotopic (exact) mass is 426 g/mol. The summed E-state index contributed by atoms with van der Waals surface area (Å²) in [6.07, 6.45) is 8.47. The summed E-state index contributed by atoms with van der Waals surface area (Å²) >= 11 is 0. The van der Waals surface area contributed by atoms with Gasteiger partial charge in [0.1, 0.15) is 0 Å². The standard InChI is InChI=1S/C26H42N4O/c1-5-6-14-29-15-17-30(18-16-29)25-22(8-7-9-23(25)28-19-24(27)31)20-10-12-21(13-11-20)26(2,3)4/h7-10,21,28H,5-6,11-19H2,1-4H3,(H2,27,31). The lowest BCUT2D eigenvalue weighted by Gasteiger charge is -2.39. The fourth-order valence-corrected chi connectivity index (χ4v) is 4.91. The van der Waals surface area contributed by atoms with Crippen LogP contribution in [-0.2, 0) is 4.79 Å². The number of piperazine rings is 1. The number of allylic oxidation sites excluding steroid dienone is 2. The zero-order valence-corrected chi connectivity index (χ0v) is 20.0. The number of hydrogen-bond donors (Lipinski definition) is 2. The smallest absolute Gasteiger partial charge is 0.236 e. The molecule has 3 N–H and O–H groups in total. The van der Waals surface area contributed by atoms with Crippen LogP contribution < -0.4 is 16.0 Å². The Balaban J connectivity index is 1.85. The van der Waals surface area contributed by atoms with Gasteiger partial charge >= 0.3 is 0 Å². The molecule has 5 heteroatoms. The SMILES string of the molecule is CCCCN1CCN(c2c(NCC(N)=O)cccc2C2=CCC(C(C)(C)C)CC2)CC1. The van der Waals surface area contributed by atoms with E-state index in [1.54, 1.807) is 0 Å². The third kappa shape index (κ3) is 6.25. The largest absolute Gasteiger partial charge is 0.374 e. The van der Waals surface area contributed by atoms with Gasteiger partial charge in [-0.25, -0.2) is 0 Å². The average Bonchev–Trinajstić information content (AvgIpc) is 2.76. The quantitative estimate of drug-likeness (QED) is 0.630. The fourth-order valence-electron chi connectivity index (χ4n) is 4.91. The molecule has 1 amide bonds. The molecule has 1 fully saturated rings. The second-order valence-electron chi connectivity index (χ2n) is 10.3. The summed E-state index contributed by atoms with van der Waals surface area (Å²) in [6.45, 7) is 14.9. The molecule has 0 spiro atoms. The van der Waals surface area contributed by atoms with Gasteiger partial charge in [0.2, 0.25) is 5.91 Å². The molecule has 31 heavy (non-hydrogen) atoms. The minimum Gasteiger partial charge on any atom is -0.374 e. The van der Waals surface area contributed by atoms with E-state index in [1.165, 1.54) is 42.6 Å². The highest BCUT2D eigenvalue weighted by molar-refractivity contribution is 5.88. The maximum absolute atomic E-state index is 11.4. The number of nitrogens with zero attached hydrogens (tertiary/aromatic N) is 2. The third-order valence-electron chi connectivity index (χ3n) is 6.99. The van der Waals surface area contributed by atoms with Gasteiger partial charge in [0.15, 0.2) is 0 Å². The highest BCUT2D eigenvalue weighted by atomic mass is 16.1. The number of carbonyl (C=O) groups excluding carboxylic acids is 1. The zero-order chi connectivity index (χ0) is 22.4. The predicted octanol–water partition coefficient (Wildman–Crippen LogP) is 4.74. The summed E-state index contributed by atoms with van der Waals surface area (Å²) in [5.41, 5.74) is 10.8. The lowest BCUT2D eigenvalue weighted by Crippen LogP contribution is -2.47. The van der Waals surface area contributed by atoms with Crippen molar-refractivity contribution in [2.45, 2.75) is 59.8 Å². The van der Waals surface area contributed by atoms with Gasteiger partial charge in [0, 0.05) is 31.7 Å². The Kier molecular flexibility index (Phi) is 8.04. The lowest BCUT2D eigenvalue weighted by atomic mass is 9.72. The van der Waals surface area contributed by atoms with Gasteiger partial charge in [-0.2, -0.15) is 0 Å². The Morgan fingerprint density at radius 1 is 1.19 bits per heavy atom. The lowest BCUT2D eigenvalue weighted by molar-refractivity contribution is -0.116. The first-order valence-corrected chi connectivity index (χ1v) is 12.1. The fraction of sp³-hybridized carbons (Fsp3) is 0.654. The number of nitrogens with one attached hydrogen (secondary N) is 1. The van der Waals surface area contributed by atoms with E-state index in [0.717, 1.165) is 50.6 Å². The number of primary amides is 1. The van der Waals surface area contributed by atoms with Crippen molar-refractivity contribution in [3.8, 4) is 0 Å². The van der Waals surface area contributed by atoms with Crippen LogP contribution in [0.5, 0.6) is 0 Å². The minimum absolute atomic E-state index is 0.165. The Labute approximate surface area is 189 Å². The number of benzene rings is 1. The Bertz CT molecular complexity index is 772. The van der Waals surface area contributed by atoms with Crippen LogP contribution in [0.2, 0.25) is 0 Å². The topological polar surface area (TPSA) is 61.6 Å². The van der Waals surface area contributed by atoms with Crippen LogP contribution in [0.4, 0.5) is 11.4 Å². The minimum atomic E-state index is -0.328. The molecule has 1 aromatic rings. The number of hydrogen-bond acceptors (Lipinski definition) is 4. The van der Waals surface area contributed by atoms with E-state index < -0.39 is 0 Å². The van der Waals surface area contributed by atoms with E-state index in [4.69, 9.17) is 5.73 Å². The number of unbranched alkanes of at least 4 members (excludes halogenated alkanes) is 1. The molecule has 1 aliphatic heterocycles. The van der Waals surface area contributed by atoms with Gasteiger partial charge in [-0.1, -0.05) is 52.3 Å². The second kappa shape index (κ2) is 10.5. The maximum Gasteiger partial charge on any atom is 0.236 e. The highest BCUT2D eigenvalue weighted by Gasteiger charge is 2.28. The van der Waals surface area contributed by atoms with E-state index in [9.17, 15) is 4.79 Å². The van der Waals surface area contributed by atoms with Crippen molar-refractivity contribution < 1.29 is 4.79 Å². The van der Waals surface area contributed by atoms with Gasteiger partial charge in [0.05, 0.1) is 17.9 Å². The first-order chi connectivity index (χ1) is 14.8. The second-order valence-corrected chi connectivity index (χ2v) is 10.3. The van der Waals surface area contributed by atoms with Crippen molar-refractivity contribution in [1.29, 1.82) is 0 Å². The average molecular weight is 427 g/mol. The summed E-state index contributed by atoms with van der Waals surface area (Å²) in [7, 11) is 0.